The van der Waals surface area contributed by atoms with Crippen molar-refractivity contribution in [2.75, 3.05) is 7.11 Å². The second kappa shape index (κ2) is 10.2. The Morgan fingerprint density at radius 1 is 1.13 bits per heavy atom. The number of benzene rings is 1. The van der Waals surface area contributed by atoms with E-state index >= 15 is 0 Å². The Hall–Kier alpha value is -3.23. The van der Waals surface area contributed by atoms with Gasteiger partial charge in [0.05, 0.1) is 7.11 Å². The SMILES string of the molecule is COc1ccnc(C(=O)N[C@@H](C)C(=O)O[C@@H](C)[C@H](c2ccc(F)cc2F)C(C)C)c1O. The molecule has 1 aromatic heterocycles. The van der Waals surface area contributed by atoms with Gasteiger partial charge in [-0.05, 0) is 31.4 Å². The quantitative estimate of drug-likeness (QED) is 0.614. The van der Waals surface area contributed by atoms with Crippen molar-refractivity contribution in [1.82, 2.24) is 10.3 Å². The van der Waals surface area contributed by atoms with Crippen LogP contribution < -0.4 is 10.1 Å². The minimum atomic E-state index is -1.08. The molecule has 0 aliphatic heterocycles. The number of halogens is 2. The molecule has 1 aromatic carbocycles. The summed E-state index contributed by atoms with van der Waals surface area (Å²) >= 11 is 0. The first-order valence-corrected chi connectivity index (χ1v) is 9.75. The van der Waals surface area contributed by atoms with Gasteiger partial charge in [-0.3, -0.25) is 4.79 Å². The van der Waals surface area contributed by atoms with Crippen molar-refractivity contribution in [2.45, 2.75) is 45.8 Å². The van der Waals surface area contributed by atoms with E-state index in [1.165, 1.54) is 32.4 Å². The Bertz CT molecular complexity index is 951. The van der Waals surface area contributed by atoms with Crippen molar-refractivity contribution < 1.29 is 33.0 Å². The van der Waals surface area contributed by atoms with Gasteiger partial charge < -0.3 is 19.9 Å². The van der Waals surface area contributed by atoms with E-state index < -0.39 is 47.3 Å². The van der Waals surface area contributed by atoms with E-state index in [0.29, 0.717) is 0 Å². The summed E-state index contributed by atoms with van der Waals surface area (Å²) in [6.07, 6.45) is 0.526. The number of hydrogen-bond acceptors (Lipinski definition) is 6. The first-order chi connectivity index (χ1) is 14.6. The number of ether oxygens (including phenoxy) is 2. The summed E-state index contributed by atoms with van der Waals surface area (Å²) in [4.78, 5) is 28.7. The van der Waals surface area contributed by atoms with E-state index in [0.717, 1.165) is 12.1 Å². The third kappa shape index (κ3) is 5.68. The molecular formula is C22H26F2N2O5. The lowest BCUT2D eigenvalue weighted by Crippen LogP contribution is -2.42. The monoisotopic (exact) mass is 436 g/mol. The summed E-state index contributed by atoms with van der Waals surface area (Å²) < 4.78 is 38.0. The van der Waals surface area contributed by atoms with Gasteiger partial charge in [0.15, 0.2) is 17.2 Å². The Balaban J connectivity index is 2.11. The van der Waals surface area contributed by atoms with Crippen molar-refractivity contribution in [3.8, 4) is 11.5 Å². The standard InChI is InChI=1S/C22H26F2N2O5/c1-11(2)18(15-7-6-14(23)10-16(15)24)13(4)31-22(29)12(3)26-21(28)19-20(27)17(30-5)8-9-25-19/h6-13,18,27H,1-5H3,(H,26,28)/t12-,13-,18+/m0/s1. The van der Waals surface area contributed by atoms with Crippen molar-refractivity contribution >= 4 is 11.9 Å². The number of hydrogen-bond donors (Lipinski definition) is 2. The molecule has 1 amide bonds. The zero-order valence-corrected chi connectivity index (χ0v) is 18.0. The highest BCUT2D eigenvalue weighted by Crippen LogP contribution is 2.32. The molecule has 0 radical (unpaired) electrons. The van der Waals surface area contributed by atoms with Gasteiger partial charge in [-0.25, -0.2) is 18.6 Å². The number of pyridine rings is 1. The van der Waals surface area contributed by atoms with Gasteiger partial charge in [0.2, 0.25) is 0 Å². The van der Waals surface area contributed by atoms with E-state index in [9.17, 15) is 23.5 Å². The topological polar surface area (TPSA) is 97.8 Å². The lowest BCUT2D eigenvalue weighted by molar-refractivity contribution is -0.151. The van der Waals surface area contributed by atoms with Crippen molar-refractivity contribution in [1.29, 1.82) is 0 Å². The molecule has 0 unspecified atom stereocenters. The fraction of sp³-hybridized carbons (Fsp3) is 0.409. The Morgan fingerprint density at radius 2 is 1.81 bits per heavy atom. The van der Waals surface area contributed by atoms with Gasteiger partial charge in [-0.2, -0.15) is 0 Å². The molecule has 9 heteroatoms. The van der Waals surface area contributed by atoms with Gasteiger partial charge in [0.25, 0.3) is 5.91 Å². The molecule has 0 spiro atoms. The fourth-order valence-electron chi connectivity index (χ4n) is 3.38. The third-order valence-electron chi connectivity index (χ3n) is 4.87. The Labute approximate surface area is 179 Å². The number of amides is 1. The first-order valence-electron chi connectivity index (χ1n) is 9.75. The average Bonchev–Trinajstić information content (AvgIpc) is 2.69. The number of aromatic hydroxyl groups is 1. The highest BCUT2D eigenvalue weighted by molar-refractivity contribution is 5.97. The van der Waals surface area contributed by atoms with Crippen LogP contribution in [-0.4, -0.2) is 41.2 Å². The summed E-state index contributed by atoms with van der Waals surface area (Å²) in [5.74, 6) is -4.01. The molecule has 2 rings (SSSR count). The van der Waals surface area contributed by atoms with Crippen LogP contribution in [0.4, 0.5) is 8.78 Å². The van der Waals surface area contributed by atoms with Gasteiger partial charge >= 0.3 is 5.97 Å². The predicted octanol–water partition coefficient (Wildman–Crippen LogP) is 3.56. The fourth-order valence-corrected chi connectivity index (χ4v) is 3.38. The zero-order valence-electron chi connectivity index (χ0n) is 18.0. The number of esters is 1. The number of rotatable bonds is 8. The van der Waals surface area contributed by atoms with Crippen LogP contribution >= 0.6 is 0 Å². The minimum absolute atomic E-state index is 0.0603. The van der Waals surface area contributed by atoms with Gasteiger partial charge in [-0.1, -0.05) is 19.9 Å². The van der Waals surface area contributed by atoms with E-state index in [4.69, 9.17) is 9.47 Å². The maximum Gasteiger partial charge on any atom is 0.328 e. The number of carbonyl (C=O) groups excluding carboxylic acids is 2. The molecule has 31 heavy (non-hydrogen) atoms. The largest absolute Gasteiger partial charge is 0.503 e. The molecular weight excluding hydrogens is 410 g/mol. The van der Waals surface area contributed by atoms with E-state index in [1.807, 2.05) is 13.8 Å². The molecule has 2 N–H and O–H groups in total. The number of aromatic nitrogens is 1. The number of nitrogens with zero attached hydrogens (tertiary/aromatic N) is 1. The van der Waals surface area contributed by atoms with Gasteiger partial charge in [0.1, 0.15) is 23.8 Å². The molecule has 7 nitrogen and oxygen atoms in total. The second-order valence-electron chi connectivity index (χ2n) is 7.48. The molecule has 0 aliphatic carbocycles. The molecule has 0 saturated heterocycles. The van der Waals surface area contributed by atoms with Crippen molar-refractivity contribution in [3.05, 3.63) is 53.4 Å². The summed E-state index contributed by atoms with van der Waals surface area (Å²) in [5.41, 5.74) is -0.0700. The van der Waals surface area contributed by atoms with E-state index in [2.05, 4.69) is 10.3 Å². The lowest BCUT2D eigenvalue weighted by Gasteiger charge is -2.29. The third-order valence-corrected chi connectivity index (χ3v) is 4.87. The molecule has 3 atom stereocenters. The summed E-state index contributed by atoms with van der Waals surface area (Å²) in [6.45, 7) is 6.68. The Kier molecular flexibility index (Phi) is 7.90. The number of nitrogens with one attached hydrogen (secondary N) is 1. The summed E-state index contributed by atoms with van der Waals surface area (Å²) in [7, 11) is 1.33. The molecule has 0 bridgehead atoms. The minimum Gasteiger partial charge on any atom is -0.503 e. The van der Waals surface area contributed by atoms with E-state index in [1.54, 1.807) is 6.92 Å². The average molecular weight is 436 g/mol. The van der Waals surface area contributed by atoms with Crippen LogP contribution in [0.25, 0.3) is 0 Å². The van der Waals surface area contributed by atoms with Crippen LogP contribution in [0.2, 0.25) is 0 Å². The van der Waals surface area contributed by atoms with Crippen molar-refractivity contribution in [3.63, 3.8) is 0 Å². The predicted molar refractivity (Wildman–Crippen MR) is 109 cm³/mol. The highest BCUT2D eigenvalue weighted by Gasteiger charge is 2.30. The van der Waals surface area contributed by atoms with Crippen LogP contribution in [0.5, 0.6) is 11.5 Å². The second-order valence-corrected chi connectivity index (χ2v) is 7.48. The van der Waals surface area contributed by atoms with Crippen LogP contribution in [0, 0.1) is 17.6 Å². The van der Waals surface area contributed by atoms with Crippen LogP contribution in [-0.2, 0) is 9.53 Å². The molecule has 0 saturated carbocycles. The van der Waals surface area contributed by atoms with E-state index in [-0.39, 0.29) is 22.9 Å². The maximum atomic E-state index is 14.3. The lowest BCUT2D eigenvalue weighted by atomic mass is 9.84. The van der Waals surface area contributed by atoms with Crippen molar-refractivity contribution in [2.24, 2.45) is 5.92 Å². The zero-order chi connectivity index (χ0) is 23.3. The van der Waals surface area contributed by atoms with Gasteiger partial charge in [-0.15, -0.1) is 0 Å². The summed E-state index contributed by atoms with van der Waals surface area (Å²) in [5, 5.41) is 12.4. The Morgan fingerprint density at radius 3 is 2.39 bits per heavy atom. The van der Waals surface area contributed by atoms with Crippen LogP contribution in [0.1, 0.15) is 49.7 Å². The molecule has 1 heterocycles. The van der Waals surface area contributed by atoms with Gasteiger partial charge in [0, 0.05) is 24.2 Å². The molecule has 2 aromatic rings. The first kappa shape index (κ1) is 24.0. The van der Waals surface area contributed by atoms with Crippen LogP contribution in [0.15, 0.2) is 30.5 Å². The summed E-state index contributed by atoms with van der Waals surface area (Å²) in [6, 6.07) is 3.58. The normalized spacial score (nSPS) is 13.9. The highest BCUT2D eigenvalue weighted by atomic mass is 19.1. The van der Waals surface area contributed by atoms with Crippen LogP contribution in [0.3, 0.4) is 0 Å². The molecule has 168 valence electrons. The number of carbonyl (C=O) groups is 2. The molecule has 0 aliphatic rings. The smallest absolute Gasteiger partial charge is 0.328 e. The molecule has 0 fully saturated rings. The maximum absolute atomic E-state index is 14.3. The number of methoxy groups -OCH3 is 1.